The molecule has 0 spiro atoms. The van der Waals surface area contributed by atoms with E-state index in [1.54, 1.807) is 19.2 Å². The first-order valence-electron chi connectivity index (χ1n) is 15.3. The van der Waals surface area contributed by atoms with Crippen molar-refractivity contribution in [2.75, 3.05) is 66.5 Å². The Kier molecular flexibility index (Phi) is 8.31. The normalized spacial score (nSPS) is 21.0. The van der Waals surface area contributed by atoms with E-state index in [0.717, 1.165) is 79.0 Å². The monoisotopic (exact) mass is 571 g/mol. The van der Waals surface area contributed by atoms with Crippen molar-refractivity contribution in [1.82, 2.24) is 24.7 Å². The Morgan fingerprint density at radius 3 is 2.00 bits per heavy atom. The van der Waals surface area contributed by atoms with Crippen LogP contribution in [0.5, 0.6) is 0 Å². The number of hydrogen-bond donors (Lipinski definition) is 0. The predicted molar refractivity (Wildman–Crippen MR) is 163 cm³/mol. The van der Waals surface area contributed by atoms with Gasteiger partial charge in [-0.3, -0.25) is 14.5 Å². The number of nitrogens with zero attached hydrogens (tertiary/aromatic N) is 5. The third-order valence-electron chi connectivity index (χ3n) is 9.18. The highest BCUT2D eigenvalue weighted by atomic mass is 16.7. The second-order valence-corrected chi connectivity index (χ2v) is 12.1. The lowest BCUT2D eigenvalue weighted by Crippen LogP contribution is -2.55. The molecule has 0 aliphatic carbocycles. The van der Waals surface area contributed by atoms with Crippen molar-refractivity contribution in [2.24, 2.45) is 5.92 Å². The van der Waals surface area contributed by atoms with Crippen molar-refractivity contribution in [3.63, 3.8) is 0 Å². The molecule has 42 heavy (non-hydrogen) atoms. The Bertz CT molecular complexity index is 1410. The summed E-state index contributed by atoms with van der Waals surface area (Å²) in [6.45, 7) is 5.43. The molecule has 222 valence electrons. The quantitative estimate of drug-likeness (QED) is 0.440. The summed E-state index contributed by atoms with van der Waals surface area (Å²) in [5, 5.41) is 5.86. The van der Waals surface area contributed by atoms with Gasteiger partial charge in [0, 0.05) is 52.9 Å². The van der Waals surface area contributed by atoms with Gasteiger partial charge in [-0.05, 0) is 59.8 Å². The van der Waals surface area contributed by atoms with Gasteiger partial charge in [-0.15, -0.1) is 5.06 Å². The maximum absolute atomic E-state index is 14.0. The van der Waals surface area contributed by atoms with Crippen LogP contribution in [0, 0.1) is 5.92 Å². The Morgan fingerprint density at radius 2 is 1.38 bits per heavy atom. The summed E-state index contributed by atoms with van der Waals surface area (Å²) < 4.78 is 0. The van der Waals surface area contributed by atoms with Crippen LogP contribution in [0.3, 0.4) is 0 Å². The number of carbonyl (C=O) groups is 3. The van der Waals surface area contributed by atoms with Gasteiger partial charge in [-0.1, -0.05) is 48.5 Å². The van der Waals surface area contributed by atoms with Crippen molar-refractivity contribution in [3.05, 3.63) is 60.2 Å². The molecule has 0 aromatic heterocycles. The van der Waals surface area contributed by atoms with Crippen LogP contribution in [-0.2, 0) is 9.63 Å². The zero-order valence-corrected chi connectivity index (χ0v) is 24.7. The molecule has 3 amide bonds. The minimum Gasteiger partial charge on any atom is -0.351 e. The zero-order chi connectivity index (χ0) is 29.2. The van der Waals surface area contributed by atoms with E-state index in [9.17, 15) is 14.4 Å². The van der Waals surface area contributed by atoms with Crippen LogP contribution in [0.15, 0.2) is 54.6 Å². The fourth-order valence-electron chi connectivity index (χ4n) is 6.83. The largest absolute Gasteiger partial charge is 0.428 e. The Morgan fingerprint density at radius 1 is 0.762 bits per heavy atom. The number of rotatable bonds is 4. The summed E-state index contributed by atoms with van der Waals surface area (Å²) in [6, 6.07) is 18.9. The van der Waals surface area contributed by atoms with Crippen LogP contribution < -0.4 is 0 Å². The number of amides is 3. The third kappa shape index (κ3) is 5.80. The molecule has 0 saturated carbocycles. The molecule has 3 saturated heterocycles. The molecule has 0 N–H and O–H groups in total. The molecule has 3 aliphatic heterocycles. The van der Waals surface area contributed by atoms with Crippen LogP contribution in [0.4, 0.5) is 4.79 Å². The third-order valence-corrected chi connectivity index (χ3v) is 9.18. The average Bonchev–Trinajstić information content (AvgIpc) is 3.03. The van der Waals surface area contributed by atoms with Gasteiger partial charge >= 0.3 is 6.09 Å². The number of benzene rings is 3. The van der Waals surface area contributed by atoms with Crippen molar-refractivity contribution in [1.29, 1.82) is 0 Å². The standard InChI is InChI=1S/C33H41N5O4/c1-34(2)33(41)42-38-20-18-36(19-21-38)31(39)26-10-7-15-37(23-26)27-13-16-35(17-14-27)32(40)30-28-11-5-3-8-24(28)22-25-9-4-6-12-29(25)30/h3-6,8-9,11-12,22,26-27H,7,10,13-21,23H2,1-2H3/t26-/m1/s1. The molecule has 0 unspecified atom stereocenters. The first-order valence-corrected chi connectivity index (χ1v) is 15.3. The first kappa shape index (κ1) is 28.4. The van der Waals surface area contributed by atoms with E-state index in [0.29, 0.717) is 32.2 Å². The van der Waals surface area contributed by atoms with Gasteiger partial charge in [0.05, 0.1) is 24.6 Å². The SMILES string of the molecule is CN(C)C(=O)ON1CCN(C(=O)[C@@H]2CCCN(C3CCN(C(=O)c4c5ccccc5cc5ccccc45)CC3)C2)CC1. The maximum atomic E-state index is 14.0. The molecular weight excluding hydrogens is 530 g/mol. The van der Waals surface area contributed by atoms with Gasteiger partial charge in [0.1, 0.15) is 0 Å². The highest BCUT2D eigenvalue weighted by Gasteiger charge is 2.36. The second-order valence-electron chi connectivity index (χ2n) is 12.1. The lowest BCUT2D eigenvalue weighted by molar-refractivity contribution is -0.154. The Labute approximate surface area is 247 Å². The molecule has 0 bridgehead atoms. The predicted octanol–water partition coefficient (Wildman–Crippen LogP) is 4.07. The van der Waals surface area contributed by atoms with Crippen molar-refractivity contribution < 1.29 is 19.2 Å². The van der Waals surface area contributed by atoms with E-state index in [4.69, 9.17) is 4.84 Å². The number of piperidine rings is 2. The molecule has 9 heteroatoms. The maximum Gasteiger partial charge on any atom is 0.428 e. The van der Waals surface area contributed by atoms with E-state index in [1.165, 1.54) is 4.90 Å². The molecule has 3 aromatic carbocycles. The molecule has 9 nitrogen and oxygen atoms in total. The fraction of sp³-hybridized carbons (Fsp3) is 0.485. The lowest BCUT2D eigenvalue weighted by Gasteiger charge is -2.43. The summed E-state index contributed by atoms with van der Waals surface area (Å²) in [6.07, 6.45) is 3.38. The topological polar surface area (TPSA) is 76.6 Å². The zero-order valence-electron chi connectivity index (χ0n) is 24.7. The molecule has 3 aromatic rings. The van der Waals surface area contributed by atoms with Crippen molar-refractivity contribution in [3.8, 4) is 0 Å². The van der Waals surface area contributed by atoms with E-state index >= 15 is 0 Å². The van der Waals surface area contributed by atoms with Crippen LogP contribution in [0.2, 0.25) is 0 Å². The lowest BCUT2D eigenvalue weighted by atomic mass is 9.92. The minimum atomic E-state index is -0.393. The van der Waals surface area contributed by atoms with Crippen LogP contribution in [0.25, 0.3) is 21.5 Å². The molecule has 3 heterocycles. The molecule has 3 aliphatic rings. The van der Waals surface area contributed by atoms with Gasteiger partial charge in [-0.2, -0.15) is 0 Å². The van der Waals surface area contributed by atoms with E-state index in [2.05, 4.69) is 35.2 Å². The average molecular weight is 572 g/mol. The number of hydrogen-bond acceptors (Lipinski definition) is 6. The van der Waals surface area contributed by atoms with Gasteiger partial charge in [0.2, 0.25) is 5.91 Å². The number of hydroxylamine groups is 2. The highest BCUT2D eigenvalue weighted by Crippen LogP contribution is 2.31. The number of likely N-dealkylation sites (tertiary alicyclic amines) is 2. The summed E-state index contributed by atoms with van der Waals surface area (Å²) in [5.41, 5.74) is 0.808. The van der Waals surface area contributed by atoms with E-state index < -0.39 is 6.09 Å². The Balaban J connectivity index is 1.06. The fourth-order valence-corrected chi connectivity index (χ4v) is 6.83. The van der Waals surface area contributed by atoms with Crippen molar-refractivity contribution >= 4 is 39.5 Å². The summed E-state index contributed by atoms with van der Waals surface area (Å²) in [4.78, 5) is 52.5. The summed E-state index contributed by atoms with van der Waals surface area (Å²) in [5.74, 6) is 0.327. The Hall–Kier alpha value is -3.69. The van der Waals surface area contributed by atoms with Crippen LogP contribution >= 0.6 is 0 Å². The number of carbonyl (C=O) groups excluding carboxylic acids is 3. The summed E-state index contributed by atoms with van der Waals surface area (Å²) in [7, 11) is 3.32. The van der Waals surface area contributed by atoms with Crippen LogP contribution in [0.1, 0.15) is 36.0 Å². The van der Waals surface area contributed by atoms with E-state index in [-0.39, 0.29) is 17.7 Å². The molecular formula is C33H41N5O4. The van der Waals surface area contributed by atoms with E-state index in [1.807, 2.05) is 34.1 Å². The van der Waals surface area contributed by atoms with Gasteiger partial charge in [0.25, 0.3) is 5.91 Å². The molecule has 0 radical (unpaired) electrons. The smallest absolute Gasteiger partial charge is 0.351 e. The molecule has 6 rings (SSSR count). The van der Waals surface area contributed by atoms with Crippen molar-refractivity contribution in [2.45, 2.75) is 31.7 Å². The first-order chi connectivity index (χ1) is 20.4. The molecule has 1 atom stereocenters. The van der Waals surface area contributed by atoms with Gasteiger partial charge in [-0.25, -0.2) is 4.79 Å². The second kappa shape index (κ2) is 12.3. The molecule has 3 fully saturated rings. The summed E-state index contributed by atoms with van der Waals surface area (Å²) >= 11 is 0. The van der Waals surface area contributed by atoms with Crippen LogP contribution in [-0.4, -0.2) is 115 Å². The van der Waals surface area contributed by atoms with Gasteiger partial charge in [0.15, 0.2) is 0 Å². The minimum absolute atomic E-state index is 0.00339. The van der Waals surface area contributed by atoms with Gasteiger partial charge < -0.3 is 19.5 Å². The highest BCUT2D eigenvalue weighted by molar-refractivity contribution is 6.18. The number of piperazine rings is 1. The number of fused-ring (bicyclic) bond motifs is 2.